The van der Waals surface area contributed by atoms with Gasteiger partial charge in [0, 0.05) is 45.6 Å². The topological polar surface area (TPSA) is 75.3 Å². The Balaban J connectivity index is 1.29. The van der Waals surface area contributed by atoms with Crippen molar-refractivity contribution in [3.63, 3.8) is 0 Å². The number of carbonyl (C=O) groups excluding carboxylic acids is 1. The van der Waals surface area contributed by atoms with Gasteiger partial charge in [-0.15, -0.1) is 0 Å². The van der Waals surface area contributed by atoms with Crippen LogP contribution in [-0.4, -0.2) is 66.8 Å². The summed E-state index contributed by atoms with van der Waals surface area (Å²) in [5.41, 5.74) is 3.76. The van der Waals surface area contributed by atoms with Crippen molar-refractivity contribution in [2.75, 3.05) is 34.4 Å². The smallest absolute Gasteiger partial charge is 0.269 e. The van der Waals surface area contributed by atoms with E-state index in [1.807, 2.05) is 24.3 Å². The molecule has 186 valence electrons. The molecule has 1 aliphatic carbocycles. The number of amides is 1. The molecule has 2 aliphatic heterocycles. The Kier molecular flexibility index (Phi) is 7.83. The van der Waals surface area contributed by atoms with E-state index >= 15 is 0 Å². The first kappa shape index (κ1) is 24.6. The molecule has 34 heavy (non-hydrogen) atoms. The lowest BCUT2D eigenvalue weighted by molar-refractivity contribution is -0.120. The predicted octanol–water partition coefficient (Wildman–Crippen LogP) is 3.12. The van der Waals surface area contributed by atoms with Gasteiger partial charge in [-0.1, -0.05) is 25.3 Å². The second-order valence-corrected chi connectivity index (χ2v) is 9.74. The molecule has 1 saturated heterocycles. The van der Waals surface area contributed by atoms with Crippen molar-refractivity contribution in [1.29, 1.82) is 0 Å². The van der Waals surface area contributed by atoms with Crippen LogP contribution in [0.1, 0.15) is 50.5 Å². The number of thiocarbonyl (C=S) groups is 1. The molecule has 8 nitrogen and oxygen atoms in total. The lowest BCUT2D eigenvalue weighted by Gasteiger charge is -2.42. The number of nitrogens with zero attached hydrogens (tertiary/aromatic N) is 2. The number of piperidine rings is 1. The maximum atomic E-state index is 12.7. The first-order chi connectivity index (χ1) is 16.4. The van der Waals surface area contributed by atoms with Crippen LogP contribution in [0.5, 0.6) is 11.5 Å². The van der Waals surface area contributed by atoms with Gasteiger partial charge in [-0.05, 0) is 48.8 Å². The van der Waals surface area contributed by atoms with Crippen LogP contribution in [0.3, 0.4) is 0 Å². The summed E-state index contributed by atoms with van der Waals surface area (Å²) in [7, 11) is 5.33. The number of likely N-dealkylation sites (tertiary alicyclic amines) is 1. The van der Waals surface area contributed by atoms with Gasteiger partial charge in [-0.2, -0.15) is 0 Å². The third kappa shape index (κ3) is 5.41. The summed E-state index contributed by atoms with van der Waals surface area (Å²) in [6, 6.07) is 6.15. The summed E-state index contributed by atoms with van der Waals surface area (Å²) in [6.45, 7) is 2.00. The van der Waals surface area contributed by atoms with Gasteiger partial charge in [-0.25, -0.2) is 0 Å². The van der Waals surface area contributed by atoms with Crippen LogP contribution >= 0.6 is 12.2 Å². The number of benzene rings is 1. The molecular weight excluding hydrogens is 452 g/mol. The Morgan fingerprint density at radius 1 is 1.21 bits per heavy atom. The minimum Gasteiger partial charge on any atom is -0.493 e. The minimum absolute atomic E-state index is 0.193. The second kappa shape index (κ2) is 10.8. The molecule has 2 fully saturated rings. The molecule has 2 heterocycles. The van der Waals surface area contributed by atoms with Gasteiger partial charge < -0.3 is 24.6 Å². The third-order valence-electron chi connectivity index (χ3n) is 7.22. The highest BCUT2D eigenvalue weighted by atomic mass is 32.1. The van der Waals surface area contributed by atoms with Crippen LogP contribution in [-0.2, 0) is 16.2 Å². The number of nitrogens with one attached hydrogen (secondary N) is 2. The maximum absolute atomic E-state index is 12.7. The van der Waals surface area contributed by atoms with Crippen molar-refractivity contribution < 1.29 is 19.1 Å². The van der Waals surface area contributed by atoms with Gasteiger partial charge >= 0.3 is 0 Å². The minimum atomic E-state index is -0.467. The van der Waals surface area contributed by atoms with Crippen LogP contribution in [0.15, 0.2) is 30.0 Å². The van der Waals surface area contributed by atoms with E-state index in [2.05, 4.69) is 27.6 Å². The van der Waals surface area contributed by atoms with Crippen molar-refractivity contribution in [3.8, 4) is 11.5 Å². The lowest BCUT2D eigenvalue weighted by atomic mass is 9.90. The standard InChI is InChI=1S/C25H36N4O4S/c1-28(19-7-5-4-6-8-19)24(34)29-13-11-25(12-14-29)16-20(27-33-25)23(30)26-17-18-9-10-21(31-2)22(15-18)32-3/h9-10,15-16,19,27H,4-8,11-14,17H2,1-3H3,(H,26,30). The summed E-state index contributed by atoms with van der Waals surface area (Å²) < 4.78 is 10.6. The number of ether oxygens (including phenoxy) is 2. The summed E-state index contributed by atoms with van der Waals surface area (Å²) in [5.74, 6) is 1.10. The Morgan fingerprint density at radius 3 is 2.59 bits per heavy atom. The van der Waals surface area contributed by atoms with E-state index in [0.717, 1.165) is 36.6 Å². The average Bonchev–Trinajstić information content (AvgIpc) is 3.30. The van der Waals surface area contributed by atoms with E-state index < -0.39 is 5.60 Å². The van der Waals surface area contributed by atoms with Crippen LogP contribution in [0, 0.1) is 0 Å². The van der Waals surface area contributed by atoms with Crippen LogP contribution in [0.2, 0.25) is 0 Å². The quantitative estimate of drug-likeness (QED) is 0.592. The monoisotopic (exact) mass is 488 g/mol. The first-order valence-corrected chi connectivity index (χ1v) is 12.5. The highest BCUT2D eigenvalue weighted by molar-refractivity contribution is 7.80. The summed E-state index contributed by atoms with van der Waals surface area (Å²) in [4.78, 5) is 23.2. The SMILES string of the molecule is COc1ccc(CNC(=O)C2=CC3(CCN(C(=S)N(C)C4CCCCC4)CC3)ON2)cc1OC. The molecule has 1 aromatic carbocycles. The van der Waals surface area contributed by atoms with Crippen LogP contribution < -0.4 is 20.3 Å². The molecule has 1 saturated carbocycles. The van der Waals surface area contributed by atoms with Gasteiger partial charge in [-0.3, -0.25) is 15.1 Å². The summed E-state index contributed by atoms with van der Waals surface area (Å²) >= 11 is 5.82. The molecule has 0 bridgehead atoms. The molecule has 1 amide bonds. The molecule has 0 unspecified atom stereocenters. The normalized spacial score (nSPS) is 19.9. The van der Waals surface area contributed by atoms with Gasteiger partial charge in [0.05, 0.1) is 14.2 Å². The van der Waals surface area contributed by atoms with E-state index in [4.69, 9.17) is 26.5 Å². The number of hydroxylamine groups is 1. The molecule has 3 aliphatic rings. The summed E-state index contributed by atoms with van der Waals surface area (Å²) in [6.07, 6.45) is 9.88. The molecule has 1 aromatic rings. The zero-order valence-electron chi connectivity index (χ0n) is 20.4. The van der Waals surface area contributed by atoms with Gasteiger partial charge in [0.25, 0.3) is 5.91 Å². The molecule has 4 rings (SSSR count). The molecular formula is C25H36N4O4S. The highest BCUT2D eigenvalue weighted by Crippen LogP contribution is 2.33. The van der Waals surface area contributed by atoms with Crippen molar-refractivity contribution in [1.82, 2.24) is 20.6 Å². The largest absolute Gasteiger partial charge is 0.493 e. The van der Waals surface area contributed by atoms with Crippen molar-refractivity contribution in [2.45, 2.75) is 63.1 Å². The van der Waals surface area contributed by atoms with E-state index in [1.165, 1.54) is 32.1 Å². The number of carbonyl (C=O) groups is 1. The number of rotatable bonds is 6. The fourth-order valence-electron chi connectivity index (χ4n) is 5.03. The molecule has 9 heteroatoms. The van der Waals surface area contributed by atoms with Gasteiger partial charge in [0.15, 0.2) is 16.6 Å². The number of hydrogen-bond acceptors (Lipinski definition) is 6. The van der Waals surface area contributed by atoms with E-state index in [9.17, 15) is 4.79 Å². The fourth-order valence-corrected chi connectivity index (χ4v) is 5.36. The lowest BCUT2D eigenvalue weighted by Crippen LogP contribution is -2.52. The maximum Gasteiger partial charge on any atom is 0.269 e. The van der Waals surface area contributed by atoms with Crippen LogP contribution in [0.4, 0.5) is 0 Å². The Labute approximate surface area is 207 Å². The number of methoxy groups -OCH3 is 2. The highest BCUT2D eigenvalue weighted by Gasteiger charge is 2.41. The first-order valence-electron chi connectivity index (χ1n) is 12.1. The Morgan fingerprint density at radius 2 is 1.91 bits per heavy atom. The van der Waals surface area contributed by atoms with Crippen molar-refractivity contribution in [3.05, 3.63) is 35.5 Å². The van der Waals surface area contributed by atoms with Gasteiger partial charge in [0.2, 0.25) is 0 Å². The van der Waals surface area contributed by atoms with Gasteiger partial charge in [0.1, 0.15) is 11.3 Å². The molecule has 0 atom stereocenters. The summed E-state index contributed by atoms with van der Waals surface area (Å²) in [5, 5.41) is 3.88. The predicted molar refractivity (Wildman–Crippen MR) is 134 cm³/mol. The third-order valence-corrected chi connectivity index (χ3v) is 7.77. The van der Waals surface area contributed by atoms with Crippen LogP contribution in [0.25, 0.3) is 0 Å². The Hall–Kier alpha value is -2.52. The van der Waals surface area contributed by atoms with E-state index in [1.54, 1.807) is 14.2 Å². The van der Waals surface area contributed by atoms with E-state index in [-0.39, 0.29) is 5.91 Å². The Bertz CT molecular complexity index is 923. The average molecular weight is 489 g/mol. The molecule has 0 aromatic heterocycles. The molecule has 0 radical (unpaired) electrons. The number of hydrogen-bond donors (Lipinski definition) is 2. The zero-order chi connectivity index (χ0) is 24.1. The fraction of sp³-hybridized carbons (Fsp3) is 0.600. The van der Waals surface area contributed by atoms with E-state index in [0.29, 0.717) is 29.8 Å². The zero-order valence-corrected chi connectivity index (χ0v) is 21.2. The molecule has 1 spiro atoms. The second-order valence-electron chi connectivity index (χ2n) is 9.37. The van der Waals surface area contributed by atoms with Crippen molar-refractivity contribution >= 4 is 23.2 Å². The molecule has 2 N–H and O–H groups in total. The van der Waals surface area contributed by atoms with Crippen molar-refractivity contribution in [2.24, 2.45) is 0 Å².